The highest BCUT2D eigenvalue weighted by Crippen LogP contribution is 2.27. The van der Waals surface area contributed by atoms with Gasteiger partial charge in [-0.1, -0.05) is 25.7 Å². The van der Waals surface area contributed by atoms with Crippen molar-refractivity contribution in [1.82, 2.24) is 0 Å². The Bertz CT molecular complexity index is 222. The normalized spacial score (nSPS) is 28.8. The predicted octanol–water partition coefficient (Wildman–Crippen LogP) is 1.90. The zero-order valence-electron chi connectivity index (χ0n) is 7.34. The molecule has 1 fully saturated rings. The van der Waals surface area contributed by atoms with Crippen LogP contribution in [0.1, 0.15) is 32.6 Å². The number of rotatable bonds is 0. The van der Waals surface area contributed by atoms with Crippen LogP contribution >= 0.6 is 0 Å². The van der Waals surface area contributed by atoms with Crippen molar-refractivity contribution in [2.24, 2.45) is 11.8 Å². The lowest BCUT2D eigenvalue weighted by molar-refractivity contribution is -0.130. The van der Waals surface area contributed by atoms with E-state index in [-0.39, 0.29) is 0 Å². The molecule has 1 N–H and O–H groups in total. The summed E-state index contributed by atoms with van der Waals surface area (Å²) in [5.41, 5.74) is 0. The zero-order valence-corrected chi connectivity index (χ0v) is 7.34. The smallest absolute Gasteiger partial charge is 0.381 e. The Hall–Kier alpha value is -0.970. The van der Waals surface area contributed by atoms with Crippen molar-refractivity contribution in [2.45, 2.75) is 32.6 Å². The Kier molecular flexibility index (Phi) is 3.16. The maximum Gasteiger partial charge on any atom is 0.381 e. The van der Waals surface area contributed by atoms with Crippen molar-refractivity contribution in [2.75, 3.05) is 0 Å². The van der Waals surface area contributed by atoms with Crippen molar-refractivity contribution in [3.63, 3.8) is 0 Å². The summed E-state index contributed by atoms with van der Waals surface area (Å²) in [5, 5.41) is 8.34. The van der Waals surface area contributed by atoms with E-state index in [4.69, 9.17) is 5.11 Å². The van der Waals surface area contributed by atoms with E-state index >= 15 is 0 Å². The monoisotopic (exact) mass is 166 g/mol. The summed E-state index contributed by atoms with van der Waals surface area (Å²) >= 11 is 0. The van der Waals surface area contributed by atoms with Gasteiger partial charge in [-0.05, 0) is 18.8 Å². The Morgan fingerprint density at radius 3 is 2.83 bits per heavy atom. The van der Waals surface area contributed by atoms with Crippen molar-refractivity contribution in [1.29, 1.82) is 0 Å². The zero-order chi connectivity index (χ0) is 8.97. The first kappa shape index (κ1) is 9.12. The van der Waals surface area contributed by atoms with E-state index in [1.165, 1.54) is 12.8 Å². The standard InChI is InChI=1S/C10H14O2/c1-8-3-2-4-9(7-8)5-6-10(11)12/h8-9H,2-4,7H2,1H3,(H,11,12). The molecule has 0 aromatic rings. The molecule has 2 heteroatoms. The fraction of sp³-hybridized carbons (Fsp3) is 0.700. The quantitative estimate of drug-likeness (QED) is 0.558. The minimum absolute atomic E-state index is 0.324. The second-order valence-corrected chi connectivity index (χ2v) is 3.54. The molecule has 0 spiro atoms. The second-order valence-electron chi connectivity index (χ2n) is 3.54. The molecule has 0 radical (unpaired) electrons. The summed E-state index contributed by atoms with van der Waals surface area (Å²) < 4.78 is 0. The van der Waals surface area contributed by atoms with E-state index in [0.29, 0.717) is 11.8 Å². The van der Waals surface area contributed by atoms with Crippen LogP contribution in [0.3, 0.4) is 0 Å². The molecule has 2 nitrogen and oxygen atoms in total. The molecule has 66 valence electrons. The average Bonchev–Trinajstić information content (AvgIpc) is 2.01. The lowest BCUT2D eigenvalue weighted by Crippen LogP contribution is -2.11. The van der Waals surface area contributed by atoms with Crippen LogP contribution in [-0.4, -0.2) is 11.1 Å². The van der Waals surface area contributed by atoms with Gasteiger partial charge in [0.25, 0.3) is 0 Å². The van der Waals surface area contributed by atoms with Crippen LogP contribution < -0.4 is 0 Å². The maximum absolute atomic E-state index is 10.1. The number of hydrogen-bond donors (Lipinski definition) is 1. The Balaban J connectivity index is 2.43. The summed E-state index contributed by atoms with van der Waals surface area (Å²) in [7, 11) is 0. The third-order valence-electron chi connectivity index (χ3n) is 2.32. The van der Waals surface area contributed by atoms with Gasteiger partial charge in [-0.15, -0.1) is 0 Å². The summed E-state index contributed by atoms with van der Waals surface area (Å²) in [6.45, 7) is 2.20. The summed E-state index contributed by atoms with van der Waals surface area (Å²) in [5.74, 6) is 5.04. The van der Waals surface area contributed by atoms with E-state index in [2.05, 4.69) is 18.8 Å². The Labute approximate surface area is 73.0 Å². The molecular weight excluding hydrogens is 152 g/mol. The maximum atomic E-state index is 10.1. The van der Waals surface area contributed by atoms with Crippen LogP contribution in [0, 0.1) is 23.7 Å². The van der Waals surface area contributed by atoms with Gasteiger partial charge in [-0.2, -0.15) is 0 Å². The fourth-order valence-electron chi connectivity index (χ4n) is 1.73. The Morgan fingerprint density at radius 1 is 1.50 bits per heavy atom. The van der Waals surface area contributed by atoms with E-state index in [1.807, 2.05) is 0 Å². The van der Waals surface area contributed by atoms with Gasteiger partial charge in [0.15, 0.2) is 0 Å². The first-order valence-electron chi connectivity index (χ1n) is 4.43. The van der Waals surface area contributed by atoms with Gasteiger partial charge in [-0.3, -0.25) is 0 Å². The molecule has 0 heterocycles. The molecule has 0 bridgehead atoms. The molecule has 0 aromatic heterocycles. The lowest BCUT2D eigenvalue weighted by Gasteiger charge is -2.22. The SMILES string of the molecule is CC1CCCC(C#CC(=O)O)C1. The first-order chi connectivity index (χ1) is 5.68. The van der Waals surface area contributed by atoms with Crippen LogP contribution in [0.4, 0.5) is 0 Å². The fourth-order valence-corrected chi connectivity index (χ4v) is 1.73. The van der Waals surface area contributed by atoms with Crippen LogP contribution in [0.15, 0.2) is 0 Å². The molecule has 0 saturated heterocycles. The molecule has 0 amide bonds. The summed E-state index contributed by atoms with van der Waals surface area (Å²) in [6, 6.07) is 0. The van der Waals surface area contributed by atoms with Crippen LogP contribution in [-0.2, 0) is 4.79 Å². The third kappa shape index (κ3) is 2.96. The van der Waals surface area contributed by atoms with Gasteiger partial charge in [0.05, 0.1) is 0 Å². The number of carboxylic acid groups (broad SMARTS) is 1. The molecule has 0 aromatic carbocycles. The van der Waals surface area contributed by atoms with Gasteiger partial charge in [0.1, 0.15) is 0 Å². The first-order valence-corrected chi connectivity index (χ1v) is 4.43. The molecule has 2 atom stereocenters. The Morgan fingerprint density at radius 2 is 2.25 bits per heavy atom. The molecule has 12 heavy (non-hydrogen) atoms. The van der Waals surface area contributed by atoms with Crippen molar-refractivity contribution in [3.8, 4) is 11.8 Å². The van der Waals surface area contributed by atoms with E-state index in [0.717, 1.165) is 12.8 Å². The highest BCUT2D eigenvalue weighted by molar-refractivity contribution is 5.86. The topological polar surface area (TPSA) is 37.3 Å². The average molecular weight is 166 g/mol. The van der Waals surface area contributed by atoms with E-state index < -0.39 is 5.97 Å². The van der Waals surface area contributed by atoms with Crippen LogP contribution in [0.25, 0.3) is 0 Å². The molecule has 2 unspecified atom stereocenters. The highest BCUT2D eigenvalue weighted by atomic mass is 16.4. The molecule has 0 aliphatic heterocycles. The van der Waals surface area contributed by atoms with Gasteiger partial charge in [-0.25, -0.2) is 4.79 Å². The van der Waals surface area contributed by atoms with Crippen LogP contribution in [0.2, 0.25) is 0 Å². The summed E-state index contributed by atoms with van der Waals surface area (Å²) in [6.07, 6.45) is 4.61. The number of hydrogen-bond acceptors (Lipinski definition) is 1. The van der Waals surface area contributed by atoms with Crippen molar-refractivity contribution in [3.05, 3.63) is 0 Å². The number of carbonyl (C=O) groups is 1. The van der Waals surface area contributed by atoms with Crippen molar-refractivity contribution >= 4 is 5.97 Å². The largest absolute Gasteiger partial charge is 0.472 e. The predicted molar refractivity (Wildman–Crippen MR) is 46.5 cm³/mol. The highest BCUT2D eigenvalue weighted by Gasteiger charge is 2.16. The molecule has 1 aliphatic carbocycles. The van der Waals surface area contributed by atoms with Gasteiger partial charge in [0.2, 0.25) is 0 Å². The van der Waals surface area contributed by atoms with Gasteiger partial charge in [0, 0.05) is 11.8 Å². The second kappa shape index (κ2) is 4.15. The van der Waals surface area contributed by atoms with Crippen LogP contribution in [0.5, 0.6) is 0 Å². The minimum atomic E-state index is -1.01. The van der Waals surface area contributed by atoms with Crippen molar-refractivity contribution < 1.29 is 9.90 Å². The summed E-state index contributed by atoms with van der Waals surface area (Å²) in [4.78, 5) is 10.1. The van der Waals surface area contributed by atoms with E-state index in [1.54, 1.807) is 0 Å². The third-order valence-corrected chi connectivity index (χ3v) is 2.32. The van der Waals surface area contributed by atoms with E-state index in [9.17, 15) is 4.79 Å². The number of aliphatic carboxylic acids is 1. The molecule has 1 saturated carbocycles. The number of carboxylic acids is 1. The minimum Gasteiger partial charge on any atom is -0.472 e. The lowest BCUT2D eigenvalue weighted by atomic mass is 9.83. The molecule has 1 rings (SSSR count). The van der Waals surface area contributed by atoms with Gasteiger partial charge < -0.3 is 5.11 Å². The molecule has 1 aliphatic rings. The molecular formula is C10H14O2. The van der Waals surface area contributed by atoms with Gasteiger partial charge >= 0.3 is 5.97 Å².